The average Bonchev–Trinajstić information content (AvgIpc) is 3.28. The average molecular weight is 390 g/mol. The Bertz CT molecular complexity index is 1110. The Kier molecular flexibility index (Phi) is 5.60. The molecule has 0 spiro atoms. The summed E-state index contributed by atoms with van der Waals surface area (Å²) in [7, 11) is 1.97. The zero-order chi connectivity index (χ0) is 20.2. The predicted molar refractivity (Wildman–Crippen MR) is 112 cm³/mol. The van der Waals surface area contributed by atoms with Crippen molar-refractivity contribution in [3.05, 3.63) is 71.1 Å². The van der Waals surface area contributed by atoms with E-state index >= 15 is 0 Å². The maximum atomic E-state index is 5.99. The summed E-state index contributed by atoms with van der Waals surface area (Å²) in [5, 5.41) is 10.9. The fourth-order valence-electron chi connectivity index (χ4n) is 3.64. The molecule has 0 bridgehead atoms. The molecule has 29 heavy (non-hydrogen) atoms. The van der Waals surface area contributed by atoms with Crippen LogP contribution in [-0.4, -0.2) is 26.5 Å². The van der Waals surface area contributed by atoms with Crippen LogP contribution in [0.1, 0.15) is 35.1 Å². The van der Waals surface area contributed by atoms with Gasteiger partial charge in [-0.3, -0.25) is 4.68 Å². The largest absolute Gasteiger partial charge is 0.493 e. The molecule has 0 aliphatic carbocycles. The van der Waals surface area contributed by atoms with Gasteiger partial charge in [0.2, 0.25) is 5.89 Å². The van der Waals surface area contributed by atoms with Crippen LogP contribution in [0.5, 0.6) is 5.75 Å². The highest BCUT2D eigenvalue weighted by atomic mass is 16.5. The minimum atomic E-state index is 0.617. The summed E-state index contributed by atoms with van der Waals surface area (Å²) in [5.74, 6) is 2.33. The molecule has 0 unspecified atom stereocenters. The highest BCUT2D eigenvalue weighted by Crippen LogP contribution is 2.25. The lowest BCUT2D eigenvalue weighted by Gasteiger charge is -2.08. The van der Waals surface area contributed by atoms with Crippen LogP contribution in [0.15, 0.2) is 47.0 Å². The van der Waals surface area contributed by atoms with Crippen molar-refractivity contribution >= 4 is 10.8 Å². The van der Waals surface area contributed by atoms with E-state index < -0.39 is 0 Å². The van der Waals surface area contributed by atoms with Crippen molar-refractivity contribution in [2.24, 2.45) is 7.05 Å². The van der Waals surface area contributed by atoms with Gasteiger partial charge in [0.1, 0.15) is 5.75 Å². The van der Waals surface area contributed by atoms with Crippen LogP contribution in [0.3, 0.4) is 0 Å². The number of nitrogens with zero attached hydrogens (tertiary/aromatic N) is 4. The third-order valence-electron chi connectivity index (χ3n) is 5.31. The smallest absolute Gasteiger partial charge is 0.226 e. The fourth-order valence-corrected chi connectivity index (χ4v) is 3.64. The highest BCUT2D eigenvalue weighted by Gasteiger charge is 2.12. The molecular formula is C23H26N4O2. The molecule has 0 amide bonds. The Morgan fingerprint density at radius 2 is 1.83 bits per heavy atom. The minimum absolute atomic E-state index is 0.617. The van der Waals surface area contributed by atoms with Crippen molar-refractivity contribution in [3.8, 4) is 5.75 Å². The topological polar surface area (TPSA) is 66.0 Å². The van der Waals surface area contributed by atoms with Gasteiger partial charge in [0.15, 0.2) is 5.82 Å². The summed E-state index contributed by atoms with van der Waals surface area (Å²) >= 11 is 0. The Morgan fingerprint density at radius 3 is 2.66 bits per heavy atom. The molecule has 6 heteroatoms. The molecule has 0 radical (unpaired) electrons. The molecule has 0 saturated carbocycles. The Hall–Kier alpha value is -3.15. The molecular weight excluding hydrogens is 364 g/mol. The predicted octanol–water partition coefficient (Wildman–Crippen LogP) is 4.37. The summed E-state index contributed by atoms with van der Waals surface area (Å²) in [6.07, 6.45) is 3.16. The summed E-state index contributed by atoms with van der Waals surface area (Å²) in [4.78, 5) is 4.53. The highest BCUT2D eigenvalue weighted by molar-refractivity contribution is 5.88. The maximum Gasteiger partial charge on any atom is 0.226 e. The molecule has 6 nitrogen and oxygen atoms in total. The number of aromatic nitrogens is 4. The number of hydrogen-bond donors (Lipinski definition) is 0. The molecule has 0 aliphatic heterocycles. The van der Waals surface area contributed by atoms with Crippen LogP contribution in [0.4, 0.5) is 0 Å². The normalized spacial score (nSPS) is 11.3. The van der Waals surface area contributed by atoms with Gasteiger partial charge in [0, 0.05) is 31.0 Å². The number of fused-ring (bicyclic) bond motifs is 1. The first kappa shape index (κ1) is 19.2. The van der Waals surface area contributed by atoms with Crippen LogP contribution >= 0.6 is 0 Å². The Balaban J connectivity index is 1.27. The standard InChI is InChI=1S/C23H26N4O2/c1-16-19(17(2)27(3)25-16)13-14-23-24-22(26-29-23)12-7-15-28-21-11-6-9-18-8-4-5-10-20(18)21/h4-6,8-11H,7,12-15H2,1-3H3. The van der Waals surface area contributed by atoms with Crippen LogP contribution in [0.2, 0.25) is 0 Å². The van der Waals surface area contributed by atoms with Gasteiger partial charge in [-0.05, 0) is 43.7 Å². The number of aryl methyl sites for hydroxylation is 4. The van der Waals surface area contributed by atoms with E-state index in [1.165, 1.54) is 16.6 Å². The molecule has 4 rings (SSSR count). The van der Waals surface area contributed by atoms with E-state index in [1.807, 2.05) is 42.9 Å². The molecule has 4 aromatic rings. The van der Waals surface area contributed by atoms with Crippen molar-refractivity contribution < 1.29 is 9.26 Å². The monoisotopic (exact) mass is 390 g/mol. The van der Waals surface area contributed by atoms with Crippen LogP contribution in [0.25, 0.3) is 10.8 Å². The van der Waals surface area contributed by atoms with Gasteiger partial charge in [0.25, 0.3) is 0 Å². The van der Waals surface area contributed by atoms with E-state index in [9.17, 15) is 0 Å². The quantitative estimate of drug-likeness (QED) is 0.418. The van der Waals surface area contributed by atoms with E-state index in [2.05, 4.69) is 40.4 Å². The zero-order valence-electron chi connectivity index (χ0n) is 17.2. The lowest BCUT2D eigenvalue weighted by molar-refractivity contribution is 0.311. The third kappa shape index (κ3) is 4.31. The molecule has 150 valence electrons. The molecule has 0 aliphatic rings. The second-order valence-corrected chi connectivity index (χ2v) is 7.31. The fraction of sp³-hybridized carbons (Fsp3) is 0.348. The minimum Gasteiger partial charge on any atom is -0.493 e. The second kappa shape index (κ2) is 8.47. The van der Waals surface area contributed by atoms with Crippen molar-refractivity contribution in [2.45, 2.75) is 39.5 Å². The van der Waals surface area contributed by atoms with Gasteiger partial charge in [0.05, 0.1) is 12.3 Å². The van der Waals surface area contributed by atoms with Crippen LogP contribution in [0, 0.1) is 13.8 Å². The summed E-state index contributed by atoms with van der Waals surface area (Å²) in [5.41, 5.74) is 3.51. The third-order valence-corrected chi connectivity index (χ3v) is 5.31. The van der Waals surface area contributed by atoms with Gasteiger partial charge in [-0.25, -0.2) is 0 Å². The zero-order valence-corrected chi connectivity index (χ0v) is 17.2. The van der Waals surface area contributed by atoms with Gasteiger partial charge in [-0.1, -0.05) is 41.6 Å². The summed E-state index contributed by atoms with van der Waals surface area (Å²) < 4.78 is 13.3. The maximum absolute atomic E-state index is 5.99. The molecule has 0 fully saturated rings. The summed E-state index contributed by atoms with van der Waals surface area (Å²) in [6, 6.07) is 14.4. The van der Waals surface area contributed by atoms with E-state index in [0.29, 0.717) is 12.5 Å². The number of benzene rings is 2. The first-order valence-corrected chi connectivity index (χ1v) is 10.0. The van der Waals surface area contributed by atoms with Gasteiger partial charge < -0.3 is 9.26 Å². The molecule has 0 N–H and O–H groups in total. The molecule has 2 heterocycles. The van der Waals surface area contributed by atoms with Gasteiger partial charge in [-0.2, -0.15) is 10.1 Å². The molecule has 0 saturated heterocycles. The van der Waals surface area contributed by atoms with Crippen molar-refractivity contribution in [2.75, 3.05) is 6.61 Å². The van der Waals surface area contributed by atoms with E-state index in [0.717, 1.165) is 48.3 Å². The van der Waals surface area contributed by atoms with Gasteiger partial charge >= 0.3 is 0 Å². The van der Waals surface area contributed by atoms with Crippen molar-refractivity contribution in [1.82, 2.24) is 19.9 Å². The van der Waals surface area contributed by atoms with Crippen LogP contribution in [-0.2, 0) is 26.3 Å². The lowest BCUT2D eigenvalue weighted by atomic mass is 10.1. The molecule has 2 aromatic carbocycles. The second-order valence-electron chi connectivity index (χ2n) is 7.31. The van der Waals surface area contributed by atoms with E-state index in [1.54, 1.807) is 0 Å². The SMILES string of the molecule is Cc1nn(C)c(C)c1CCc1nc(CCCOc2cccc3ccccc23)no1. The first-order chi connectivity index (χ1) is 14.1. The van der Waals surface area contributed by atoms with E-state index in [4.69, 9.17) is 9.26 Å². The Morgan fingerprint density at radius 1 is 1.00 bits per heavy atom. The molecule has 2 aromatic heterocycles. The number of hydrogen-bond acceptors (Lipinski definition) is 5. The van der Waals surface area contributed by atoms with Crippen molar-refractivity contribution in [3.63, 3.8) is 0 Å². The first-order valence-electron chi connectivity index (χ1n) is 10.0. The van der Waals surface area contributed by atoms with Gasteiger partial charge in [-0.15, -0.1) is 0 Å². The van der Waals surface area contributed by atoms with Crippen molar-refractivity contribution in [1.29, 1.82) is 0 Å². The lowest BCUT2D eigenvalue weighted by Crippen LogP contribution is -2.01. The molecule has 0 atom stereocenters. The van der Waals surface area contributed by atoms with Crippen LogP contribution < -0.4 is 4.74 Å². The Labute approximate surface area is 170 Å². The summed E-state index contributed by atoms with van der Waals surface area (Å²) in [6.45, 7) is 4.74. The number of rotatable bonds is 8. The van der Waals surface area contributed by atoms with E-state index in [-0.39, 0.29) is 0 Å². The number of ether oxygens (including phenoxy) is 1.